The molecule has 2 aromatic rings. The van der Waals surface area contributed by atoms with Gasteiger partial charge in [-0.1, -0.05) is 28.1 Å². The van der Waals surface area contributed by atoms with Gasteiger partial charge in [-0.25, -0.2) is 4.98 Å². The molecule has 1 aromatic heterocycles. The van der Waals surface area contributed by atoms with E-state index in [1.165, 1.54) is 0 Å². The first-order valence-electron chi connectivity index (χ1n) is 8.61. The lowest BCUT2D eigenvalue weighted by Crippen LogP contribution is -2.59. The van der Waals surface area contributed by atoms with E-state index in [9.17, 15) is 25.7 Å². The van der Waals surface area contributed by atoms with E-state index in [-0.39, 0.29) is 17.8 Å². The Morgan fingerprint density at radius 3 is 2.36 bits per heavy atom. The quantitative estimate of drug-likeness (QED) is 0.448. The van der Waals surface area contributed by atoms with Crippen LogP contribution in [0.2, 0.25) is 0 Å². The van der Waals surface area contributed by atoms with Gasteiger partial charge in [0.05, 0.1) is 12.7 Å². The van der Waals surface area contributed by atoms with Crippen molar-refractivity contribution in [3.8, 4) is 17.2 Å². The molecule has 1 fully saturated rings. The molecule has 0 amide bonds. The molecular weight excluding hydrogens is 430 g/mol. The fraction of sp³-hybridized carbons (Fsp3) is 0.368. The molecule has 0 radical (unpaired) electrons. The van der Waals surface area contributed by atoms with Gasteiger partial charge in [0.25, 0.3) is 0 Å². The third-order valence-corrected chi connectivity index (χ3v) is 5.30. The zero-order valence-electron chi connectivity index (χ0n) is 14.7. The minimum Gasteiger partial charge on any atom is -0.394 e. The highest BCUT2D eigenvalue weighted by molar-refractivity contribution is 9.10. The molecule has 9 heteroatoms. The van der Waals surface area contributed by atoms with Crippen LogP contribution in [0.4, 0.5) is 5.82 Å². The number of aromatic nitrogens is 1. The number of nitrogen functional groups attached to an aromatic ring is 1. The molecule has 28 heavy (non-hydrogen) atoms. The smallest absolute Gasteiger partial charge is 0.142 e. The molecular formula is C19H20BrN3O5. The largest absolute Gasteiger partial charge is 0.394 e. The van der Waals surface area contributed by atoms with Gasteiger partial charge < -0.3 is 30.9 Å². The second kappa shape index (κ2) is 8.53. The Morgan fingerprint density at radius 1 is 1.11 bits per heavy atom. The van der Waals surface area contributed by atoms with E-state index in [1.54, 1.807) is 6.07 Å². The summed E-state index contributed by atoms with van der Waals surface area (Å²) >= 11 is 3.37. The lowest BCUT2D eigenvalue weighted by atomic mass is 9.92. The summed E-state index contributed by atoms with van der Waals surface area (Å²) in [5, 5.41) is 48.9. The molecule has 0 aliphatic carbocycles. The average Bonchev–Trinajstić information content (AvgIpc) is 2.68. The van der Waals surface area contributed by atoms with E-state index >= 15 is 0 Å². The van der Waals surface area contributed by atoms with Crippen molar-refractivity contribution in [3.63, 3.8) is 0 Å². The third kappa shape index (κ3) is 4.03. The minimum absolute atomic E-state index is 0.0440. The number of halogens is 1. The van der Waals surface area contributed by atoms with Gasteiger partial charge >= 0.3 is 0 Å². The zero-order valence-corrected chi connectivity index (χ0v) is 16.3. The Labute approximate surface area is 170 Å². The van der Waals surface area contributed by atoms with E-state index in [1.807, 2.05) is 24.3 Å². The van der Waals surface area contributed by atoms with Crippen LogP contribution in [-0.4, -0.2) is 62.5 Å². The number of benzene rings is 1. The maximum Gasteiger partial charge on any atom is 0.142 e. The number of nitrogens with two attached hydrogens (primary N) is 1. The lowest BCUT2D eigenvalue weighted by Gasteiger charge is -2.40. The molecule has 0 unspecified atom stereocenters. The summed E-state index contributed by atoms with van der Waals surface area (Å²) in [4.78, 5) is 4.22. The van der Waals surface area contributed by atoms with Crippen LogP contribution in [0.3, 0.4) is 0 Å². The first-order chi connectivity index (χ1) is 13.3. The zero-order chi connectivity index (χ0) is 20.4. The van der Waals surface area contributed by atoms with Crippen LogP contribution in [0, 0.1) is 11.3 Å². The summed E-state index contributed by atoms with van der Waals surface area (Å²) < 4.78 is 6.42. The van der Waals surface area contributed by atoms with Gasteiger partial charge in [-0.05, 0) is 23.8 Å². The fourth-order valence-electron chi connectivity index (χ4n) is 3.25. The Morgan fingerprint density at radius 2 is 1.75 bits per heavy atom. The molecule has 0 saturated carbocycles. The lowest BCUT2D eigenvalue weighted by molar-refractivity contribution is -0.228. The van der Waals surface area contributed by atoms with Gasteiger partial charge in [0.2, 0.25) is 0 Å². The molecule has 1 aromatic carbocycles. The molecule has 0 bridgehead atoms. The Kier molecular flexibility index (Phi) is 6.30. The van der Waals surface area contributed by atoms with Crippen molar-refractivity contribution in [2.75, 3.05) is 12.3 Å². The van der Waals surface area contributed by atoms with Crippen LogP contribution in [0.1, 0.15) is 11.3 Å². The average molecular weight is 450 g/mol. The Balaban J connectivity index is 1.95. The molecule has 3 rings (SSSR count). The number of nitriles is 1. The van der Waals surface area contributed by atoms with Crippen molar-refractivity contribution in [1.29, 1.82) is 5.26 Å². The summed E-state index contributed by atoms with van der Waals surface area (Å²) in [6, 6.07) is 11.1. The van der Waals surface area contributed by atoms with Crippen LogP contribution in [0.15, 0.2) is 34.8 Å². The highest BCUT2D eigenvalue weighted by atomic mass is 79.9. The molecule has 0 spiro atoms. The standard InChI is InChI=1S/C19H20BrN3O5/c20-10-3-1-9(2-4-10)12-5-11(23-19(22)13(12)7-21)6-14-16(25)18(27)17(26)15(8-24)28-14/h1-5,14-18,24-27H,6,8H2,(H2,22,23)/t14-,15+,16-,17+,18+/m0/s1. The molecule has 148 valence electrons. The van der Waals surface area contributed by atoms with Crippen molar-refractivity contribution < 1.29 is 25.2 Å². The van der Waals surface area contributed by atoms with E-state index < -0.39 is 37.1 Å². The number of ether oxygens (including phenoxy) is 1. The van der Waals surface area contributed by atoms with Crippen LogP contribution in [-0.2, 0) is 11.2 Å². The maximum atomic E-state index is 10.2. The maximum absolute atomic E-state index is 10.2. The number of rotatable bonds is 4. The van der Waals surface area contributed by atoms with Gasteiger partial charge in [-0.2, -0.15) is 5.26 Å². The fourth-order valence-corrected chi connectivity index (χ4v) is 3.52. The SMILES string of the molecule is N#Cc1c(-c2ccc(Br)cc2)cc(C[C@@H]2O[C@H](CO)[C@@H](O)[C@H](O)[C@H]2O)nc1N. The summed E-state index contributed by atoms with van der Waals surface area (Å²) in [5.41, 5.74) is 8.00. The summed E-state index contributed by atoms with van der Waals surface area (Å²) in [6.07, 6.45) is -6.09. The van der Waals surface area contributed by atoms with E-state index in [2.05, 4.69) is 27.0 Å². The first kappa shape index (κ1) is 20.7. The highest BCUT2D eigenvalue weighted by Crippen LogP contribution is 2.30. The number of aliphatic hydroxyl groups is 4. The second-order valence-corrected chi connectivity index (χ2v) is 7.53. The van der Waals surface area contributed by atoms with Crippen LogP contribution in [0.5, 0.6) is 0 Å². The number of anilines is 1. The Bertz CT molecular complexity index is 884. The third-order valence-electron chi connectivity index (χ3n) is 4.77. The summed E-state index contributed by atoms with van der Waals surface area (Å²) in [6.45, 7) is -0.505. The predicted molar refractivity (Wildman–Crippen MR) is 104 cm³/mol. The van der Waals surface area contributed by atoms with Crippen molar-refractivity contribution in [2.24, 2.45) is 0 Å². The van der Waals surface area contributed by atoms with E-state index in [0.717, 1.165) is 10.0 Å². The highest BCUT2D eigenvalue weighted by Gasteiger charge is 2.43. The van der Waals surface area contributed by atoms with Crippen molar-refractivity contribution in [1.82, 2.24) is 4.98 Å². The van der Waals surface area contributed by atoms with Crippen LogP contribution >= 0.6 is 15.9 Å². The molecule has 8 nitrogen and oxygen atoms in total. The number of hydrogen-bond donors (Lipinski definition) is 5. The normalized spacial score (nSPS) is 27.4. The van der Waals surface area contributed by atoms with Gasteiger partial charge in [-0.3, -0.25) is 0 Å². The van der Waals surface area contributed by atoms with Crippen LogP contribution in [0.25, 0.3) is 11.1 Å². The van der Waals surface area contributed by atoms with Gasteiger partial charge in [0, 0.05) is 22.2 Å². The molecule has 5 atom stereocenters. The van der Waals surface area contributed by atoms with Crippen molar-refractivity contribution in [3.05, 3.63) is 46.1 Å². The number of hydrogen-bond acceptors (Lipinski definition) is 8. The molecule has 2 heterocycles. The monoisotopic (exact) mass is 449 g/mol. The number of nitrogens with zero attached hydrogens (tertiary/aromatic N) is 2. The van der Waals surface area contributed by atoms with Gasteiger partial charge in [0.15, 0.2) is 0 Å². The molecule has 1 saturated heterocycles. The van der Waals surface area contributed by atoms with Gasteiger partial charge in [-0.15, -0.1) is 0 Å². The topological polar surface area (TPSA) is 153 Å². The second-order valence-electron chi connectivity index (χ2n) is 6.61. The predicted octanol–water partition coefficient (Wildman–Crippen LogP) is 0.350. The molecule has 1 aliphatic rings. The first-order valence-corrected chi connectivity index (χ1v) is 9.41. The van der Waals surface area contributed by atoms with Gasteiger partial charge in [0.1, 0.15) is 41.9 Å². The number of pyridine rings is 1. The van der Waals surface area contributed by atoms with Crippen molar-refractivity contribution in [2.45, 2.75) is 36.9 Å². The summed E-state index contributed by atoms with van der Waals surface area (Å²) in [5.74, 6) is 0.0440. The van der Waals surface area contributed by atoms with Crippen molar-refractivity contribution >= 4 is 21.7 Å². The number of aliphatic hydroxyl groups excluding tert-OH is 4. The van der Waals surface area contributed by atoms with E-state index in [4.69, 9.17) is 10.5 Å². The molecule has 1 aliphatic heterocycles. The van der Waals surface area contributed by atoms with Crippen LogP contribution < -0.4 is 5.73 Å². The molecule has 6 N–H and O–H groups in total. The summed E-state index contributed by atoms with van der Waals surface area (Å²) in [7, 11) is 0. The van der Waals surface area contributed by atoms with E-state index in [0.29, 0.717) is 11.3 Å². The Hall–Kier alpha value is -2.06. The minimum atomic E-state index is -1.46.